The molecule has 0 spiro atoms. The molecule has 0 amide bonds. The molecule has 0 saturated carbocycles. The van der Waals surface area contributed by atoms with Crippen molar-refractivity contribution >= 4 is 6.29 Å². The van der Waals surface area contributed by atoms with E-state index in [4.69, 9.17) is 9.47 Å². The Morgan fingerprint density at radius 1 is 1.36 bits per heavy atom. The van der Waals surface area contributed by atoms with Crippen LogP contribution < -0.4 is 0 Å². The largest absolute Gasteiger partial charge is 0.343 e. The highest BCUT2D eigenvalue weighted by Gasteiger charge is 2.25. The van der Waals surface area contributed by atoms with E-state index < -0.39 is 6.29 Å². The molecular weight excluding hydrogens is 180 g/mol. The summed E-state index contributed by atoms with van der Waals surface area (Å²) in [6.07, 6.45) is 0.826. The second-order valence-corrected chi connectivity index (χ2v) is 3.29. The molecule has 1 fully saturated rings. The van der Waals surface area contributed by atoms with Crippen LogP contribution in [0.4, 0.5) is 0 Å². The van der Waals surface area contributed by atoms with Gasteiger partial charge in [-0.1, -0.05) is 30.3 Å². The van der Waals surface area contributed by atoms with Crippen molar-refractivity contribution in [2.24, 2.45) is 0 Å². The Morgan fingerprint density at radius 2 is 2.14 bits per heavy atom. The summed E-state index contributed by atoms with van der Waals surface area (Å²) in [4.78, 5) is 10.4. The van der Waals surface area contributed by atoms with Crippen molar-refractivity contribution in [3.63, 3.8) is 0 Å². The molecule has 1 aliphatic heterocycles. The van der Waals surface area contributed by atoms with Gasteiger partial charge in [-0.05, 0) is 5.56 Å². The first-order valence-corrected chi connectivity index (χ1v) is 4.65. The number of carbonyl (C=O) groups excluding carboxylic acids is 1. The number of ether oxygens (including phenoxy) is 2. The van der Waals surface area contributed by atoms with Crippen molar-refractivity contribution in [1.82, 2.24) is 0 Å². The lowest BCUT2D eigenvalue weighted by Gasteiger charge is -2.07. The molecule has 0 aromatic heterocycles. The van der Waals surface area contributed by atoms with Gasteiger partial charge in [0.05, 0.1) is 12.7 Å². The summed E-state index contributed by atoms with van der Waals surface area (Å²) in [6.45, 7) is 0.498. The molecule has 74 valence electrons. The van der Waals surface area contributed by atoms with E-state index in [0.717, 1.165) is 6.42 Å². The van der Waals surface area contributed by atoms with Crippen LogP contribution in [0, 0.1) is 0 Å². The fraction of sp³-hybridized carbons (Fsp3) is 0.364. The van der Waals surface area contributed by atoms with Crippen LogP contribution in [0.2, 0.25) is 0 Å². The van der Waals surface area contributed by atoms with Crippen LogP contribution in [0.25, 0.3) is 0 Å². The maximum atomic E-state index is 10.4. The zero-order valence-electron chi connectivity index (χ0n) is 7.76. The van der Waals surface area contributed by atoms with E-state index in [-0.39, 0.29) is 6.10 Å². The molecule has 1 heterocycles. The Hall–Kier alpha value is -1.19. The van der Waals surface area contributed by atoms with Gasteiger partial charge in [-0.25, -0.2) is 0 Å². The third-order valence-corrected chi connectivity index (χ3v) is 2.19. The van der Waals surface area contributed by atoms with Gasteiger partial charge in [0.25, 0.3) is 0 Å². The fourth-order valence-electron chi connectivity index (χ4n) is 1.53. The lowest BCUT2D eigenvalue weighted by Crippen LogP contribution is -2.15. The number of rotatable bonds is 3. The van der Waals surface area contributed by atoms with E-state index in [2.05, 4.69) is 0 Å². The summed E-state index contributed by atoms with van der Waals surface area (Å²) in [7, 11) is 0. The average Bonchev–Trinajstić information content (AvgIpc) is 2.67. The van der Waals surface area contributed by atoms with Crippen molar-refractivity contribution in [2.45, 2.75) is 18.8 Å². The van der Waals surface area contributed by atoms with Crippen LogP contribution in [0.3, 0.4) is 0 Å². The van der Waals surface area contributed by atoms with E-state index in [0.29, 0.717) is 12.9 Å². The van der Waals surface area contributed by atoms with E-state index in [1.165, 1.54) is 5.56 Å². The van der Waals surface area contributed by atoms with E-state index in [1.54, 1.807) is 0 Å². The highest BCUT2D eigenvalue weighted by atomic mass is 16.7. The summed E-state index contributed by atoms with van der Waals surface area (Å²) >= 11 is 0. The standard InChI is InChI=1S/C11H12O3/c12-7-11-13-8-10(14-11)6-9-4-2-1-3-5-9/h1-5,7,10-11H,6,8H2. The fourth-order valence-corrected chi connectivity index (χ4v) is 1.53. The summed E-state index contributed by atoms with van der Waals surface area (Å²) in [6, 6.07) is 10.0. The SMILES string of the molecule is O=CC1OCC(Cc2ccccc2)O1. The topological polar surface area (TPSA) is 35.5 Å². The summed E-state index contributed by atoms with van der Waals surface area (Å²) < 4.78 is 10.4. The van der Waals surface area contributed by atoms with E-state index in [9.17, 15) is 4.79 Å². The molecule has 1 aliphatic rings. The van der Waals surface area contributed by atoms with Gasteiger partial charge >= 0.3 is 0 Å². The van der Waals surface area contributed by atoms with Crippen molar-refractivity contribution in [3.8, 4) is 0 Å². The molecule has 1 saturated heterocycles. The third kappa shape index (κ3) is 2.19. The predicted molar refractivity (Wildman–Crippen MR) is 50.8 cm³/mol. The number of aldehydes is 1. The summed E-state index contributed by atoms with van der Waals surface area (Å²) in [5.41, 5.74) is 1.20. The molecular formula is C11H12O3. The number of benzene rings is 1. The first kappa shape index (κ1) is 9.37. The Morgan fingerprint density at radius 3 is 2.79 bits per heavy atom. The van der Waals surface area contributed by atoms with E-state index >= 15 is 0 Å². The molecule has 3 nitrogen and oxygen atoms in total. The first-order valence-electron chi connectivity index (χ1n) is 4.65. The lowest BCUT2D eigenvalue weighted by molar-refractivity contribution is -0.132. The number of hydrogen-bond acceptors (Lipinski definition) is 3. The lowest BCUT2D eigenvalue weighted by atomic mass is 10.1. The van der Waals surface area contributed by atoms with Crippen molar-refractivity contribution in [3.05, 3.63) is 35.9 Å². The van der Waals surface area contributed by atoms with Crippen LogP contribution in [-0.4, -0.2) is 25.3 Å². The van der Waals surface area contributed by atoms with Crippen molar-refractivity contribution in [1.29, 1.82) is 0 Å². The molecule has 2 unspecified atom stereocenters. The van der Waals surface area contributed by atoms with Gasteiger partial charge in [0.2, 0.25) is 6.29 Å². The van der Waals surface area contributed by atoms with Crippen LogP contribution in [0.15, 0.2) is 30.3 Å². The van der Waals surface area contributed by atoms with Gasteiger partial charge in [0.1, 0.15) is 0 Å². The van der Waals surface area contributed by atoms with Gasteiger partial charge in [0.15, 0.2) is 6.29 Å². The molecule has 1 aromatic carbocycles. The van der Waals surface area contributed by atoms with Gasteiger partial charge in [-0.2, -0.15) is 0 Å². The first-order chi connectivity index (χ1) is 6.88. The van der Waals surface area contributed by atoms with Gasteiger partial charge < -0.3 is 9.47 Å². The molecule has 0 radical (unpaired) electrons. The van der Waals surface area contributed by atoms with Crippen molar-refractivity contribution < 1.29 is 14.3 Å². The Balaban J connectivity index is 1.90. The smallest absolute Gasteiger partial charge is 0.215 e. The second kappa shape index (κ2) is 4.35. The van der Waals surface area contributed by atoms with Crippen molar-refractivity contribution in [2.75, 3.05) is 6.61 Å². The number of carbonyl (C=O) groups is 1. The van der Waals surface area contributed by atoms with E-state index in [1.807, 2.05) is 30.3 Å². The minimum absolute atomic E-state index is 0.00704. The minimum Gasteiger partial charge on any atom is -0.343 e. The van der Waals surface area contributed by atoms with Crippen LogP contribution in [0.5, 0.6) is 0 Å². The maximum Gasteiger partial charge on any atom is 0.215 e. The molecule has 3 heteroatoms. The van der Waals surface area contributed by atoms with Gasteiger partial charge in [0, 0.05) is 6.42 Å². The van der Waals surface area contributed by atoms with Gasteiger partial charge in [-0.3, -0.25) is 4.79 Å². The predicted octanol–water partition coefficient (Wildman–Crippen LogP) is 1.17. The monoisotopic (exact) mass is 192 g/mol. The average molecular weight is 192 g/mol. The second-order valence-electron chi connectivity index (χ2n) is 3.29. The quantitative estimate of drug-likeness (QED) is 0.674. The summed E-state index contributed by atoms with van der Waals surface area (Å²) in [5, 5.41) is 0. The van der Waals surface area contributed by atoms with Crippen LogP contribution >= 0.6 is 0 Å². The Labute approximate surface area is 82.6 Å². The Bertz CT molecular complexity index is 297. The summed E-state index contributed by atoms with van der Waals surface area (Å²) in [5.74, 6) is 0. The Kier molecular flexibility index (Phi) is 2.91. The highest BCUT2D eigenvalue weighted by Crippen LogP contribution is 2.14. The van der Waals surface area contributed by atoms with Crippen LogP contribution in [0.1, 0.15) is 5.56 Å². The normalized spacial score (nSPS) is 26.3. The molecule has 2 atom stereocenters. The van der Waals surface area contributed by atoms with Gasteiger partial charge in [-0.15, -0.1) is 0 Å². The molecule has 2 rings (SSSR count). The maximum absolute atomic E-state index is 10.4. The highest BCUT2D eigenvalue weighted by molar-refractivity contribution is 5.54. The zero-order valence-corrected chi connectivity index (χ0v) is 7.76. The number of hydrogen-bond donors (Lipinski definition) is 0. The molecule has 14 heavy (non-hydrogen) atoms. The molecule has 0 aliphatic carbocycles. The molecule has 1 aromatic rings. The third-order valence-electron chi connectivity index (χ3n) is 2.19. The molecule has 0 bridgehead atoms. The van der Waals surface area contributed by atoms with Crippen LogP contribution in [-0.2, 0) is 20.7 Å². The zero-order chi connectivity index (χ0) is 9.80. The molecule has 0 N–H and O–H groups in total. The minimum atomic E-state index is -0.663.